The van der Waals surface area contributed by atoms with Crippen LogP contribution in [-0.2, 0) is 6.42 Å². The zero-order chi connectivity index (χ0) is 17.8. The van der Waals surface area contributed by atoms with E-state index in [-0.39, 0.29) is 0 Å². The Hall–Kier alpha value is -3.22. The molecule has 130 valence electrons. The normalized spacial score (nSPS) is 10.6. The van der Waals surface area contributed by atoms with E-state index in [1.54, 1.807) is 19.9 Å². The van der Waals surface area contributed by atoms with E-state index in [1.807, 2.05) is 30.5 Å². The lowest BCUT2D eigenvalue weighted by Crippen LogP contribution is -2.47. The van der Waals surface area contributed by atoms with Crippen molar-refractivity contribution in [2.45, 2.75) is 20.3 Å². The molecule has 7 heteroatoms. The number of amides is 3. The molecule has 2 aromatic heterocycles. The van der Waals surface area contributed by atoms with Gasteiger partial charge in [0.25, 0.3) is 5.91 Å². The zero-order valence-electron chi connectivity index (χ0n) is 14.1. The Labute approximate surface area is 144 Å². The van der Waals surface area contributed by atoms with Crippen LogP contribution in [0.3, 0.4) is 0 Å². The van der Waals surface area contributed by atoms with Gasteiger partial charge >= 0.3 is 6.03 Å². The van der Waals surface area contributed by atoms with Gasteiger partial charge in [-0.2, -0.15) is 0 Å². The number of carbonyl (C=O) groups excluding carboxylic acids is 2. The predicted octanol–water partition coefficient (Wildman–Crippen LogP) is 2.56. The standard InChI is InChI=1S/C18H20N4O3/c1-11-9-15(12(2)25-11)17(23)21-22-18(24)19-8-7-13-10-20-16-6-4-3-5-14(13)16/h3-6,9-10,20H,7-8H2,1-2H3,(H,21,23)(H2,19,22,24). The van der Waals surface area contributed by atoms with Crippen molar-refractivity contribution in [1.82, 2.24) is 21.2 Å². The molecule has 1 aromatic carbocycles. The van der Waals surface area contributed by atoms with Gasteiger partial charge in [-0.05, 0) is 38.0 Å². The molecule has 0 fully saturated rings. The minimum Gasteiger partial charge on any atom is -0.466 e. The average Bonchev–Trinajstić information content (AvgIpc) is 3.16. The minimum atomic E-state index is -0.467. The number of hydrogen-bond donors (Lipinski definition) is 4. The van der Waals surface area contributed by atoms with E-state index in [0.717, 1.165) is 16.5 Å². The van der Waals surface area contributed by atoms with Crippen LogP contribution < -0.4 is 16.2 Å². The van der Waals surface area contributed by atoms with Gasteiger partial charge in [-0.3, -0.25) is 10.2 Å². The highest BCUT2D eigenvalue weighted by atomic mass is 16.3. The fraction of sp³-hybridized carbons (Fsp3) is 0.222. The van der Waals surface area contributed by atoms with Crippen molar-refractivity contribution in [3.05, 3.63) is 59.2 Å². The molecule has 0 saturated carbocycles. The van der Waals surface area contributed by atoms with E-state index in [1.165, 1.54) is 0 Å². The molecule has 0 spiro atoms. The van der Waals surface area contributed by atoms with Crippen LogP contribution in [0.4, 0.5) is 4.79 Å². The van der Waals surface area contributed by atoms with Crippen molar-refractivity contribution in [2.24, 2.45) is 0 Å². The SMILES string of the molecule is Cc1cc(C(=O)NNC(=O)NCCc2c[nH]c3ccccc23)c(C)o1. The number of fused-ring (bicyclic) bond motifs is 1. The van der Waals surface area contributed by atoms with Crippen LogP contribution in [0.15, 0.2) is 40.9 Å². The summed E-state index contributed by atoms with van der Waals surface area (Å²) in [4.78, 5) is 27.0. The third kappa shape index (κ3) is 3.82. The summed E-state index contributed by atoms with van der Waals surface area (Å²) in [5.74, 6) is 0.739. The van der Waals surface area contributed by atoms with E-state index < -0.39 is 11.9 Å². The summed E-state index contributed by atoms with van der Waals surface area (Å²) in [5.41, 5.74) is 7.29. The van der Waals surface area contributed by atoms with Crippen LogP contribution in [-0.4, -0.2) is 23.5 Å². The van der Waals surface area contributed by atoms with Gasteiger partial charge in [0, 0.05) is 23.6 Å². The van der Waals surface area contributed by atoms with Crippen LogP contribution in [0, 0.1) is 13.8 Å². The van der Waals surface area contributed by atoms with E-state index in [4.69, 9.17) is 4.42 Å². The molecule has 7 nitrogen and oxygen atoms in total. The summed E-state index contributed by atoms with van der Waals surface area (Å²) in [7, 11) is 0. The third-order valence-electron chi connectivity index (χ3n) is 3.93. The number of para-hydroxylation sites is 1. The Kier molecular flexibility index (Phi) is 4.74. The Morgan fingerprint density at radius 3 is 2.72 bits per heavy atom. The summed E-state index contributed by atoms with van der Waals surface area (Å²) in [6, 6.07) is 9.16. The molecule has 0 atom stereocenters. The predicted molar refractivity (Wildman–Crippen MR) is 94.2 cm³/mol. The Bertz CT molecular complexity index is 910. The van der Waals surface area contributed by atoms with Gasteiger partial charge < -0.3 is 14.7 Å². The second kappa shape index (κ2) is 7.12. The topological polar surface area (TPSA) is 99.2 Å². The van der Waals surface area contributed by atoms with Crippen molar-refractivity contribution in [1.29, 1.82) is 0 Å². The van der Waals surface area contributed by atoms with Crippen molar-refractivity contribution in [2.75, 3.05) is 6.54 Å². The van der Waals surface area contributed by atoms with Crippen LogP contribution in [0.1, 0.15) is 27.4 Å². The number of aryl methyl sites for hydroxylation is 2. The number of urea groups is 1. The van der Waals surface area contributed by atoms with Gasteiger partial charge in [0.15, 0.2) is 0 Å². The summed E-state index contributed by atoms with van der Waals surface area (Å²) >= 11 is 0. The third-order valence-corrected chi connectivity index (χ3v) is 3.93. The van der Waals surface area contributed by atoms with E-state index in [2.05, 4.69) is 21.2 Å². The summed E-state index contributed by atoms with van der Waals surface area (Å²) in [6.07, 6.45) is 2.63. The van der Waals surface area contributed by atoms with Gasteiger partial charge in [-0.15, -0.1) is 0 Å². The quantitative estimate of drug-likeness (QED) is 0.549. The molecule has 0 aliphatic rings. The minimum absolute atomic E-state index is 0.400. The van der Waals surface area contributed by atoms with Crippen molar-refractivity contribution >= 4 is 22.8 Å². The molecule has 3 amide bonds. The molecule has 0 radical (unpaired) electrons. The summed E-state index contributed by atoms with van der Waals surface area (Å²) in [5, 5.41) is 3.85. The molecule has 0 aliphatic carbocycles. The Balaban J connectivity index is 1.45. The first kappa shape index (κ1) is 16.6. The lowest BCUT2D eigenvalue weighted by molar-refractivity contribution is 0.0934. The first-order chi connectivity index (χ1) is 12.0. The van der Waals surface area contributed by atoms with Crippen molar-refractivity contribution < 1.29 is 14.0 Å². The molecule has 3 aromatic rings. The number of rotatable bonds is 4. The number of aromatic amines is 1. The number of benzene rings is 1. The highest BCUT2D eigenvalue weighted by molar-refractivity contribution is 5.96. The lowest BCUT2D eigenvalue weighted by Gasteiger charge is -2.08. The van der Waals surface area contributed by atoms with Crippen LogP contribution in [0.25, 0.3) is 10.9 Å². The van der Waals surface area contributed by atoms with Gasteiger partial charge in [0.1, 0.15) is 11.5 Å². The maximum atomic E-state index is 12.0. The molecule has 2 heterocycles. The molecule has 0 aliphatic heterocycles. The summed E-state index contributed by atoms with van der Waals surface area (Å²) in [6.45, 7) is 3.91. The number of hydrazine groups is 1. The lowest BCUT2D eigenvalue weighted by atomic mass is 10.1. The number of nitrogens with one attached hydrogen (secondary N) is 4. The zero-order valence-corrected chi connectivity index (χ0v) is 14.1. The molecule has 0 unspecified atom stereocenters. The van der Waals surface area contributed by atoms with Gasteiger partial charge in [-0.1, -0.05) is 18.2 Å². The van der Waals surface area contributed by atoms with Gasteiger partial charge in [0.05, 0.1) is 5.56 Å². The smallest absolute Gasteiger partial charge is 0.333 e. The maximum absolute atomic E-state index is 12.0. The largest absolute Gasteiger partial charge is 0.466 e. The molecule has 3 rings (SSSR count). The first-order valence-corrected chi connectivity index (χ1v) is 8.01. The molecule has 0 saturated heterocycles. The number of aromatic nitrogens is 1. The highest BCUT2D eigenvalue weighted by Gasteiger charge is 2.14. The van der Waals surface area contributed by atoms with Crippen molar-refractivity contribution in [3.63, 3.8) is 0 Å². The maximum Gasteiger partial charge on any atom is 0.333 e. The Morgan fingerprint density at radius 2 is 1.96 bits per heavy atom. The average molecular weight is 340 g/mol. The van der Waals surface area contributed by atoms with Crippen molar-refractivity contribution in [3.8, 4) is 0 Å². The second-order valence-corrected chi connectivity index (χ2v) is 5.77. The monoisotopic (exact) mass is 340 g/mol. The fourth-order valence-electron chi connectivity index (χ4n) is 2.73. The van der Waals surface area contributed by atoms with E-state index in [0.29, 0.717) is 30.0 Å². The van der Waals surface area contributed by atoms with Crippen LogP contribution in [0.2, 0.25) is 0 Å². The molecular weight excluding hydrogens is 320 g/mol. The Morgan fingerprint density at radius 1 is 1.16 bits per heavy atom. The summed E-state index contributed by atoms with van der Waals surface area (Å²) < 4.78 is 5.29. The van der Waals surface area contributed by atoms with E-state index >= 15 is 0 Å². The molecule has 0 bridgehead atoms. The number of carbonyl (C=O) groups is 2. The first-order valence-electron chi connectivity index (χ1n) is 8.01. The highest BCUT2D eigenvalue weighted by Crippen LogP contribution is 2.17. The number of hydrogen-bond acceptors (Lipinski definition) is 3. The molecular formula is C18H20N4O3. The fourth-order valence-corrected chi connectivity index (χ4v) is 2.73. The van der Waals surface area contributed by atoms with Gasteiger partial charge in [0.2, 0.25) is 0 Å². The molecule has 4 N–H and O–H groups in total. The second-order valence-electron chi connectivity index (χ2n) is 5.77. The number of furan rings is 1. The number of H-pyrrole nitrogens is 1. The van der Waals surface area contributed by atoms with Crippen LogP contribution >= 0.6 is 0 Å². The van der Waals surface area contributed by atoms with Crippen LogP contribution in [0.5, 0.6) is 0 Å². The molecule has 25 heavy (non-hydrogen) atoms. The van der Waals surface area contributed by atoms with E-state index in [9.17, 15) is 9.59 Å². The van der Waals surface area contributed by atoms with Gasteiger partial charge in [-0.25, -0.2) is 10.2 Å².